The van der Waals surface area contributed by atoms with Gasteiger partial charge >= 0.3 is 0 Å². The van der Waals surface area contributed by atoms with Crippen molar-refractivity contribution >= 4 is 38.1 Å². The van der Waals surface area contributed by atoms with E-state index in [0.29, 0.717) is 16.6 Å². The summed E-state index contributed by atoms with van der Waals surface area (Å²) in [5.41, 5.74) is 1.51. The summed E-state index contributed by atoms with van der Waals surface area (Å²) in [4.78, 5) is 16.3. The summed E-state index contributed by atoms with van der Waals surface area (Å²) in [7, 11) is -3.73. The van der Waals surface area contributed by atoms with E-state index in [0.717, 1.165) is 5.56 Å². The van der Waals surface area contributed by atoms with E-state index in [-0.39, 0.29) is 10.8 Å². The number of carbonyl (C=O) groups excluding carboxylic acids is 1. The molecule has 28 heavy (non-hydrogen) atoms. The van der Waals surface area contributed by atoms with Crippen LogP contribution in [0, 0.1) is 6.92 Å². The van der Waals surface area contributed by atoms with E-state index in [1.807, 2.05) is 25.1 Å². The zero-order chi connectivity index (χ0) is 20.1. The highest BCUT2D eigenvalue weighted by Gasteiger charge is 2.17. The molecular weight excluding hydrogens is 398 g/mol. The fraction of sp³-hybridized carbons (Fsp3) is 0.158. The number of aromatic nitrogens is 1. The maximum absolute atomic E-state index is 12.3. The summed E-state index contributed by atoms with van der Waals surface area (Å²) < 4.78 is 32.7. The number of nitrogens with one attached hydrogen (secondary N) is 2. The molecule has 1 amide bonds. The first-order valence-corrected chi connectivity index (χ1v) is 10.8. The summed E-state index contributed by atoms with van der Waals surface area (Å²) >= 11 is 1.19. The summed E-state index contributed by atoms with van der Waals surface area (Å²) in [6.07, 6.45) is 0.804. The summed E-state index contributed by atoms with van der Waals surface area (Å²) in [6.45, 7) is 3.59. The molecule has 0 bridgehead atoms. The van der Waals surface area contributed by atoms with Crippen molar-refractivity contribution in [2.24, 2.45) is 0 Å². The molecule has 0 fully saturated rings. The molecular formula is C19H19N3O4S2. The average molecular weight is 418 g/mol. The van der Waals surface area contributed by atoms with E-state index in [2.05, 4.69) is 15.0 Å². The minimum absolute atomic E-state index is 0.0739. The van der Waals surface area contributed by atoms with E-state index in [4.69, 9.17) is 4.74 Å². The lowest BCUT2D eigenvalue weighted by molar-refractivity contribution is -0.122. The molecule has 1 heterocycles. The SMILES string of the molecule is Cc1cccc(OC(C)C(=O)Nc2ccc(S(=O)(=O)Nc3nccs3)cc2)c1. The maximum Gasteiger partial charge on any atom is 0.265 e. The molecule has 9 heteroatoms. The predicted octanol–water partition coefficient (Wildman–Crippen LogP) is 3.66. The van der Waals surface area contributed by atoms with E-state index in [1.165, 1.54) is 41.8 Å². The van der Waals surface area contributed by atoms with Gasteiger partial charge in [0, 0.05) is 17.3 Å². The second kappa shape index (κ2) is 8.41. The normalized spacial score (nSPS) is 12.2. The van der Waals surface area contributed by atoms with Gasteiger partial charge in [0.2, 0.25) is 0 Å². The Morgan fingerprint density at radius 2 is 1.93 bits per heavy atom. The van der Waals surface area contributed by atoms with Crippen LogP contribution in [-0.2, 0) is 14.8 Å². The monoisotopic (exact) mass is 417 g/mol. The second-order valence-corrected chi connectivity index (χ2v) is 8.61. The number of aryl methyl sites for hydroxylation is 1. The number of sulfonamides is 1. The number of anilines is 2. The van der Waals surface area contributed by atoms with Crippen molar-refractivity contribution in [3.05, 3.63) is 65.7 Å². The maximum atomic E-state index is 12.3. The largest absolute Gasteiger partial charge is 0.481 e. The number of nitrogens with zero attached hydrogens (tertiary/aromatic N) is 1. The Kier molecular flexibility index (Phi) is 5.96. The zero-order valence-corrected chi connectivity index (χ0v) is 16.9. The first-order valence-electron chi connectivity index (χ1n) is 8.40. The fourth-order valence-electron chi connectivity index (χ4n) is 2.36. The predicted molar refractivity (Wildman–Crippen MR) is 109 cm³/mol. The number of hydrogen-bond donors (Lipinski definition) is 2. The number of thiazole rings is 1. The molecule has 3 aromatic rings. The molecule has 0 aliphatic rings. The van der Waals surface area contributed by atoms with Crippen molar-refractivity contribution in [2.45, 2.75) is 24.8 Å². The third-order valence-corrected chi connectivity index (χ3v) is 5.93. The standard InChI is InChI=1S/C19H19N3O4S2/c1-13-4-3-5-16(12-13)26-14(2)18(23)21-15-6-8-17(9-7-15)28(24,25)22-19-20-10-11-27-19/h3-12,14H,1-2H3,(H,20,22)(H,21,23). The van der Waals surface area contributed by atoms with Crippen LogP contribution in [0.3, 0.4) is 0 Å². The van der Waals surface area contributed by atoms with Crippen LogP contribution < -0.4 is 14.8 Å². The molecule has 1 aromatic heterocycles. The number of hydrogen-bond acceptors (Lipinski definition) is 6. The molecule has 0 saturated carbocycles. The van der Waals surface area contributed by atoms with Gasteiger partial charge in [-0.05, 0) is 55.8 Å². The molecule has 2 N–H and O–H groups in total. The van der Waals surface area contributed by atoms with E-state index < -0.39 is 16.1 Å². The van der Waals surface area contributed by atoms with Gasteiger partial charge in [0.1, 0.15) is 5.75 Å². The van der Waals surface area contributed by atoms with Crippen LogP contribution in [0.1, 0.15) is 12.5 Å². The van der Waals surface area contributed by atoms with Gasteiger partial charge in [0.05, 0.1) is 4.90 Å². The van der Waals surface area contributed by atoms with E-state index in [9.17, 15) is 13.2 Å². The van der Waals surface area contributed by atoms with Gasteiger partial charge in [-0.15, -0.1) is 11.3 Å². The summed E-state index contributed by atoms with van der Waals surface area (Å²) in [6, 6.07) is 13.3. The molecule has 7 nitrogen and oxygen atoms in total. The highest BCUT2D eigenvalue weighted by atomic mass is 32.2. The Bertz CT molecular complexity index is 1050. The third-order valence-electron chi connectivity index (χ3n) is 3.76. The molecule has 0 aliphatic heterocycles. The molecule has 0 saturated heterocycles. The lowest BCUT2D eigenvalue weighted by Crippen LogP contribution is -2.30. The number of ether oxygens (including phenoxy) is 1. The highest BCUT2D eigenvalue weighted by Crippen LogP contribution is 2.20. The van der Waals surface area contributed by atoms with Crippen LogP contribution in [0.25, 0.3) is 0 Å². The minimum atomic E-state index is -3.73. The Hall–Kier alpha value is -2.91. The van der Waals surface area contributed by atoms with Crippen LogP contribution in [-0.4, -0.2) is 25.4 Å². The van der Waals surface area contributed by atoms with Crippen molar-refractivity contribution in [1.29, 1.82) is 0 Å². The van der Waals surface area contributed by atoms with Crippen molar-refractivity contribution in [3.8, 4) is 5.75 Å². The minimum Gasteiger partial charge on any atom is -0.481 e. The molecule has 0 spiro atoms. The van der Waals surface area contributed by atoms with Crippen molar-refractivity contribution in [3.63, 3.8) is 0 Å². The molecule has 1 atom stereocenters. The van der Waals surface area contributed by atoms with Crippen LogP contribution in [0.5, 0.6) is 5.75 Å². The smallest absolute Gasteiger partial charge is 0.265 e. The number of rotatable bonds is 7. The highest BCUT2D eigenvalue weighted by molar-refractivity contribution is 7.93. The molecule has 146 valence electrons. The number of benzene rings is 2. The molecule has 3 rings (SSSR count). The van der Waals surface area contributed by atoms with Crippen LogP contribution in [0.15, 0.2) is 65.0 Å². The van der Waals surface area contributed by atoms with E-state index >= 15 is 0 Å². The Labute approximate surface area is 167 Å². The Morgan fingerprint density at radius 3 is 2.57 bits per heavy atom. The van der Waals surface area contributed by atoms with Gasteiger partial charge in [-0.25, -0.2) is 13.4 Å². The van der Waals surface area contributed by atoms with Crippen molar-refractivity contribution < 1.29 is 17.9 Å². The Morgan fingerprint density at radius 1 is 1.18 bits per heavy atom. The van der Waals surface area contributed by atoms with Crippen molar-refractivity contribution in [1.82, 2.24) is 4.98 Å². The van der Waals surface area contributed by atoms with Gasteiger partial charge in [-0.1, -0.05) is 12.1 Å². The van der Waals surface area contributed by atoms with E-state index in [1.54, 1.807) is 18.4 Å². The zero-order valence-electron chi connectivity index (χ0n) is 15.2. The number of carbonyl (C=O) groups is 1. The molecule has 1 unspecified atom stereocenters. The first-order chi connectivity index (χ1) is 13.3. The Balaban J connectivity index is 1.62. The quantitative estimate of drug-likeness (QED) is 0.611. The molecule has 2 aromatic carbocycles. The summed E-state index contributed by atoms with van der Waals surface area (Å²) in [5, 5.41) is 4.68. The molecule has 0 radical (unpaired) electrons. The average Bonchev–Trinajstić information content (AvgIpc) is 3.14. The van der Waals surface area contributed by atoms with Crippen LogP contribution in [0.2, 0.25) is 0 Å². The van der Waals surface area contributed by atoms with Gasteiger partial charge < -0.3 is 10.1 Å². The fourth-order valence-corrected chi connectivity index (χ4v) is 4.14. The topological polar surface area (TPSA) is 97.4 Å². The first kappa shape index (κ1) is 19.8. The van der Waals surface area contributed by atoms with Crippen LogP contribution >= 0.6 is 11.3 Å². The van der Waals surface area contributed by atoms with Crippen molar-refractivity contribution in [2.75, 3.05) is 10.0 Å². The lowest BCUT2D eigenvalue weighted by atomic mass is 10.2. The summed E-state index contributed by atoms with van der Waals surface area (Å²) in [5.74, 6) is 0.273. The van der Waals surface area contributed by atoms with Gasteiger partial charge in [0.15, 0.2) is 11.2 Å². The molecule has 0 aliphatic carbocycles. The second-order valence-electron chi connectivity index (χ2n) is 6.03. The number of amides is 1. The lowest BCUT2D eigenvalue weighted by Gasteiger charge is -2.15. The van der Waals surface area contributed by atoms with Gasteiger partial charge in [-0.2, -0.15) is 0 Å². The van der Waals surface area contributed by atoms with Crippen LogP contribution in [0.4, 0.5) is 10.8 Å². The van der Waals surface area contributed by atoms with Gasteiger partial charge in [-0.3, -0.25) is 9.52 Å². The van der Waals surface area contributed by atoms with Gasteiger partial charge in [0.25, 0.3) is 15.9 Å². The third kappa shape index (κ3) is 5.08.